The fourth-order valence-electron chi connectivity index (χ4n) is 2.24. The lowest BCUT2D eigenvalue weighted by molar-refractivity contribution is -0.139. The molecule has 0 bridgehead atoms. The summed E-state index contributed by atoms with van der Waals surface area (Å²) >= 11 is 0. The standard InChI is InChI=1S/C15H20O4/c1-15(2)18-10-13(19-15)12-7-3-5-11(9-12)6-4-8-14(16)17/h3,5,7,9,13H,4,6,8,10H2,1-2H3,(H,16,17). The molecule has 1 N–H and O–H groups in total. The molecule has 1 heterocycles. The van der Waals surface area contributed by atoms with Gasteiger partial charge in [-0.1, -0.05) is 24.3 Å². The predicted molar refractivity (Wildman–Crippen MR) is 70.9 cm³/mol. The number of hydrogen-bond acceptors (Lipinski definition) is 3. The molecule has 1 atom stereocenters. The van der Waals surface area contributed by atoms with Crippen LogP contribution in [-0.2, 0) is 20.7 Å². The Labute approximate surface area is 113 Å². The highest BCUT2D eigenvalue weighted by atomic mass is 16.7. The summed E-state index contributed by atoms with van der Waals surface area (Å²) < 4.78 is 11.4. The summed E-state index contributed by atoms with van der Waals surface area (Å²) in [6.45, 7) is 4.37. The van der Waals surface area contributed by atoms with Gasteiger partial charge in [0, 0.05) is 6.42 Å². The van der Waals surface area contributed by atoms with Crippen molar-refractivity contribution in [3.63, 3.8) is 0 Å². The molecule has 1 unspecified atom stereocenters. The van der Waals surface area contributed by atoms with Gasteiger partial charge in [-0.15, -0.1) is 0 Å². The highest BCUT2D eigenvalue weighted by Gasteiger charge is 2.33. The summed E-state index contributed by atoms with van der Waals surface area (Å²) in [4.78, 5) is 10.5. The van der Waals surface area contributed by atoms with Crippen molar-refractivity contribution < 1.29 is 19.4 Å². The van der Waals surface area contributed by atoms with Crippen LogP contribution in [0.3, 0.4) is 0 Å². The average molecular weight is 264 g/mol. The van der Waals surface area contributed by atoms with Crippen LogP contribution < -0.4 is 0 Å². The zero-order chi connectivity index (χ0) is 13.9. The van der Waals surface area contributed by atoms with Crippen molar-refractivity contribution in [1.82, 2.24) is 0 Å². The molecular weight excluding hydrogens is 244 g/mol. The van der Waals surface area contributed by atoms with Gasteiger partial charge in [-0.2, -0.15) is 0 Å². The van der Waals surface area contributed by atoms with Gasteiger partial charge in [0.2, 0.25) is 0 Å². The zero-order valence-electron chi connectivity index (χ0n) is 11.4. The summed E-state index contributed by atoms with van der Waals surface area (Å²) in [6.07, 6.45) is 1.61. The number of benzene rings is 1. The molecule has 1 aliphatic heterocycles. The van der Waals surface area contributed by atoms with Crippen LogP contribution in [0.4, 0.5) is 0 Å². The molecule has 2 rings (SSSR count). The van der Waals surface area contributed by atoms with E-state index < -0.39 is 11.8 Å². The Hall–Kier alpha value is -1.39. The van der Waals surface area contributed by atoms with Crippen LogP contribution in [0, 0.1) is 0 Å². The number of rotatable bonds is 5. The van der Waals surface area contributed by atoms with Crippen molar-refractivity contribution in [2.45, 2.75) is 45.0 Å². The Morgan fingerprint density at radius 2 is 2.26 bits per heavy atom. The molecule has 0 aliphatic carbocycles. The third-order valence-corrected chi connectivity index (χ3v) is 3.19. The second-order valence-electron chi connectivity index (χ2n) is 5.31. The number of carbonyl (C=O) groups is 1. The molecule has 19 heavy (non-hydrogen) atoms. The summed E-state index contributed by atoms with van der Waals surface area (Å²) in [5.41, 5.74) is 2.24. The smallest absolute Gasteiger partial charge is 0.303 e. The first-order chi connectivity index (χ1) is 8.96. The van der Waals surface area contributed by atoms with Crippen molar-refractivity contribution in [2.75, 3.05) is 6.61 Å². The second kappa shape index (κ2) is 5.72. The van der Waals surface area contributed by atoms with Gasteiger partial charge in [-0.3, -0.25) is 4.79 Å². The number of aryl methyl sites for hydroxylation is 1. The number of ether oxygens (including phenoxy) is 2. The zero-order valence-corrected chi connectivity index (χ0v) is 11.4. The van der Waals surface area contributed by atoms with Gasteiger partial charge < -0.3 is 14.6 Å². The first-order valence-electron chi connectivity index (χ1n) is 6.59. The molecule has 104 valence electrons. The average Bonchev–Trinajstić information content (AvgIpc) is 2.70. The molecule has 0 radical (unpaired) electrons. The Kier molecular flexibility index (Phi) is 4.22. The third kappa shape index (κ3) is 4.04. The number of aliphatic carboxylic acids is 1. The Bertz CT molecular complexity index is 453. The van der Waals surface area contributed by atoms with E-state index in [9.17, 15) is 4.79 Å². The Balaban J connectivity index is 1.97. The van der Waals surface area contributed by atoms with Crippen molar-refractivity contribution in [3.05, 3.63) is 35.4 Å². The van der Waals surface area contributed by atoms with Crippen LogP contribution in [0.15, 0.2) is 24.3 Å². The molecular formula is C15H20O4. The molecule has 1 aliphatic rings. The molecule has 0 aromatic heterocycles. The molecule has 1 aromatic rings. The van der Waals surface area contributed by atoms with Gasteiger partial charge in [-0.05, 0) is 37.8 Å². The maximum Gasteiger partial charge on any atom is 0.303 e. The maximum atomic E-state index is 10.5. The van der Waals surface area contributed by atoms with Gasteiger partial charge in [-0.25, -0.2) is 0 Å². The lowest BCUT2D eigenvalue weighted by atomic mass is 10.0. The highest BCUT2D eigenvalue weighted by molar-refractivity contribution is 5.66. The largest absolute Gasteiger partial charge is 0.481 e. The predicted octanol–water partition coefficient (Wildman–Crippen LogP) is 2.92. The molecule has 4 heteroatoms. The van der Waals surface area contributed by atoms with Crippen molar-refractivity contribution in [1.29, 1.82) is 0 Å². The highest BCUT2D eigenvalue weighted by Crippen LogP contribution is 2.33. The van der Waals surface area contributed by atoms with E-state index in [0.717, 1.165) is 17.5 Å². The SMILES string of the molecule is CC1(C)OCC(c2cccc(CCCC(=O)O)c2)O1. The lowest BCUT2D eigenvalue weighted by Gasteiger charge is -2.17. The third-order valence-electron chi connectivity index (χ3n) is 3.19. The van der Waals surface area contributed by atoms with E-state index in [0.29, 0.717) is 13.0 Å². The summed E-state index contributed by atoms with van der Waals surface area (Å²) in [5, 5.41) is 8.64. The van der Waals surface area contributed by atoms with Crippen LogP contribution in [0.2, 0.25) is 0 Å². The van der Waals surface area contributed by atoms with E-state index >= 15 is 0 Å². The van der Waals surface area contributed by atoms with Crippen molar-refractivity contribution in [3.8, 4) is 0 Å². The molecule has 1 fully saturated rings. The first-order valence-corrected chi connectivity index (χ1v) is 6.59. The number of hydrogen-bond donors (Lipinski definition) is 1. The lowest BCUT2D eigenvalue weighted by Crippen LogP contribution is -2.19. The minimum absolute atomic E-state index is 0.0329. The molecule has 1 saturated heterocycles. The monoisotopic (exact) mass is 264 g/mol. The fourth-order valence-corrected chi connectivity index (χ4v) is 2.24. The summed E-state index contributed by atoms with van der Waals surface area (Å²) in [7, 11) is 0. The fraction of sp³-hybridized carbons (Fsp3) is 0.533. The van der Waals surface area contributed by atoms with Gasteiger partial charge in [0.15, 0.2) is 5.79 Å². The van der Waals surface area contributed by atoms with E-state index in [1.54, 1.807) is 0 Å². The van der Waals surface area contributed by atoms with Crippen molar-refractivity contribution >= 4 is 5.97 Å². The molecule has 1 aromatic carbocycles. The van der Waals surface area contributed by atoms with E-state index in [-0.39, 0.29) is 12.5 Å². The normalized spacial score (nSPS) is 21.5. The quantitative estimate of drug-likeness (QED) is 0.888. The van der Waals surface area contributed by atoms with Crippen molar-refractivity contribution in [2.24, 2.45) is 0 Å². The van der Waals surface area contributed by atoms with Crippen LogP contribution in [-0.4, -0.2) is 23.5 Å². The minimum atomic E-state index is -0.745. The van der Waals surface area contributed by atoms with E-state index in [1.165, 1.54) is 0 Å². The summed E-state index contributed by atoms with van der Waals surface area (Å²) in [6, 6.07) is 8.11. The minimum Gasteiger partial charge on any atom is -0.481 e. The van der Waals surface area contributed by atoms with Gasteiger partial charge in [0.1, 0.15) is 6.10 Å². The number of carboxylic acid groups (broad SMARTS) is 1. The van der Waals surface area contributed by atoms with Gasteiger partial charge >= 0.3 is 5.97 Å². The molecule has 0 saturated carbocycles. The van der Waals surface area contributed by atoms with Crippen LogP contribution >= 0.6 is 0 Å². The van der Waals surface area contributed by atoms with E-state index in [2.05, 4.69) is 6.07 Å². The topological polar surface area (TPSA) is 55.8 Å². The second-order valence-corrected chi connectivity index (χ2v) is 5.31. The Morgan fingerprint density at radius 1 is 1.47 bits per heavy atom. The van der Waals surface area contributed by atoms with Crippen LogP contribution in [0.1, 0.15) is 43.9 Å². The number of carboxylic acids is 1. The van der Waals surface area contributed by atoms with E-state index in [1.807, 2.05) is 32.0 Å². The van der Waals surface area contributed by atoms with Gasteiger partial charge in [0.25, 0.3) is 0 Å². The van der Waals surface area contributed by atoms with Gasteiger partial charge in [0.05, 0.1) is 6.61 Å². The maximum absolute atomic E-state index is 10.5. The Morgan fingerprint density at radius 3 is 2.89 bits per heavy atom. The van der Waals surface area contributed by atoms with E-state index in [4.69, 9.17) is 14.6 Å². The molecule has 0 amide bonds. The summed E-state index contributed by atoms with van der Waals surface area (Å²) in [5.74, 6) is -1.27. The first kappa shape index (κ1) is 14.0. The molecule has 0 spiro atoms. The molecule has 4 nitrogen and oxygen atoms in total. The van der Waals surface area contributed by atoms with Crippen LogP contribution in [0.25, 0.3) is 0 Å². The van der Waals surface area contributed by atoms with Crippen LogP contribution in [0.5, 0.6) is 0 Å².